The number of carboxylic acid groups (broad SMARTS) is 1. The minimum atomic E-state index is -0.984. The number of amides is 1. The number of benzene rings is 2. The molecule has 0 fully saturated rings. The number of ether oxygens (including phenoxy) is 1. The van der Waals surface area contributed by atoms with Gasteiger partial charge in [0.05, 0.1) is 24.8 Å². The maximum Gasteiger partial charge on any atom is 0.335 e. The highest BCUT2D eigenvalue weighted by atomic mass is 35.5. The van der Waals surface area contributed by atoms with Crippen LogP contribution in [-0.2, 0) is 11.3 Å². The van der Waals surface area contributed by atoms with Crippen molar-refractivity contribution in [2.75, 3.05) is 6.61 Å². The Labute approximate surface area is 170 Å². The lowest BCUT2D eigenvalue weighted by Crippen LogP contribution is -2.28. The monoisotopic (exact) mass is 403 g/mol. The first-order valence-electron chi connectivity index (χ1n) is 9.07. The molecule has 1 atom stereocenters. The lowest BCUT2D eigenvalue weighted by atomic mass is 9.98. The average molecular weight is 404 g/mol. The number of carbonyl (C=O) groups is 2. The molecule has 0 aromatic heterocycles. The van der Waals surface area contributed by atoms with Gasteiger partial charge in [-0.3, -0.25) is 4.79 Å². The van der Waals surface area contributed by atoms with E-state index in [0.717, 1.165) is 11.1 Å². The van der Waals surface area contributed by atoms with E-state index in [9.17, 15) is 9.59 Å². The topological polar surface area (TPSA) is 75.6 Å². The van der Waals surface area contributed by atoms with E-state index in [2.05, 4.69) is 26.1 Å². The van der Waals surface area contributed by atoms with Crippen LogP contribution >= 0.6 is 11.6 Å². The number of aromatic carboxylic acids is 1. The highest BCUT2D eigenvalue weighted by Crippen LogP contribution is 2.21. The summed E-state index contributed by atoms with van der Waals surface area (Å²) < 4.78 is 5.76. The molecule has 1 amide bonds. The fraction of sp³-hybridized carbons (Fsp3) is 0.364. The number of halogens is 1. The molecule has 0 radical (unpaired) electrons. The second kappa shape index (κ2) is 9.22. The van der Waals surface area contributed by atoms with Crippen molar-refractivity contribution in [2.45, 2.75) is 40.3 Å². The molecule has 0 saturated heterocycles. The number of carboxylic acids is 1. The zero-order valence-corrected chi connectivity index (χ0v) is 17.3. The van der Waals surface area contributed by atoms with Crippen LogP contribution in [0.2, 0.25) is 5.02 Å². The van der Waals surface area contributed by atoms with Crippen molar-refractivity contribution < 1.29 is 19.4 Å². The molecule has 0 heterocycles. The van der Waals surface area contributed by atoms with Crippen LogP contribution in [0.3, 0.4) is 0 Å². The molecule has 28 heavy (non-hydrogen) atoms. The molecule has 2 rings (SSSR count). The van der Waals surface area contributed by atoms with Gasteiger partial charge in [-0.2, -0.15) is 0 Å². The largest absolute Gasteiger partial charge is 0.478 e. The molecular formula is C22H26ClNO4. The Morgan fingerprint density at radius 3 is 2.36 bits per heavy atom. The molecule has 0 bridgehead atoms. The van der Waals surface area contributed by atoms with Crippen molar-refractivity contribution in [1.29, 1.82) is 0 Å². The number of hydrogen-bond acceptors (Lipinski definition) is 3. The maximum absolute atomic E-state index is 12.8. The van der Waals surface area contributed by atoms with Crippen LogP contribution in [-0.4, -0.2) is 23.6 Å². The van der Waals surface area contributed by atoms with E-state index in [0.29, 0.717) is 23.8 Å². The SMILES string of the molecule is CC(NC(=O)c1cc(Cl)ccc1COCC(C)(C)C)c1ccc(C(=O)O)cc1. The number of carbonyl (C=O) groups excluding carboxylic acids is 1. The molecule has 2 aromatic rings. The first-order chi connectivity index (χ1) is 13.1. The Morgan fingerprint density at radius 2 is 1.79 bits per heavy atom. The molecule has 0 aliphatic heterocycles. The van der Waals surface area contributed by atoms with Crippen molar-refractivity contribution in [2.24, 2.45) is 5.41 Å². The fourth-order valence-electron chi connectivity index (χ4n) is 2.63. The van der Waals surface area contributed by atoms with Gasteiger partial charge in [0.25, 0.3) is 5.91 Å². The van der Waals surface area contributed by atoms with Crippen LogP contribution in [0.5, 0.6) is 0 Å². The van der Waals surface area contributed by atoms with Gasteiger partial charge >= 0.3 is 5.97 Å². The molecule has 2 aromatic carbocycles. The van der Waals surface area contributed by atoms with E-state index in [1.807, 2.05) is 6.92 Å². The molecule has 0 spiro atoms. The molecule has 0 aliphatic carbocycles. The zero-order valence-electron chi connectivity index (χ0n) is 16.6. The average Bonchev–Trinajstić information content (AvgIpc) is 2.61. The zero-order chi connectivity index (χ0) is 20.9. The van der Waals surface area contributed by atoms with Crippen LogP contribution < -0.4 is 5.32 Å². The second-order valence-electron chi connectivity index (χ2n) is 7.98. The summed E-state index contributed by atoms with van der Waals surface area (Å²) in [5.41, 5.74) is 2.28. The first kappa shape index (κ1) is 21.9. The summed E-state index contributed by atoms with van der Waals surface area (Å²) in [6.45, 7) is 8.98. The van der Waals surface area contributed by atoms with Gasteiger partial charge in [-0.1, -0.05) is 50.6 Å². The Hall–Kier alpha value is -2.37. The normalized spacial score (nSPS) is 12.5. The van der Waals surface area contributed by atoms with E-state index in [1.54, 1.807) is 30.3 Å². The van der Waals surface area contributed by atoms with Crippen molar-refractivity contribution in [1.82, 2.24) is 5.32 Å². The quantitative estimate of drug-likeness (QED) is 0.674. The molecule has 1 unspecified atom stereocenters. The van der Waals surface area contributed by atoms with Gasteiger partial charge in [-0.05, 0) is 47.7 Å². The van der Waals surface area contributed by atoms with Crippen LogP contribution in [0, 0.1) is 5.41 Å². The van der Waals surface area contributed by atoms with E-state index in [1.165, 1.54) is 12.1 Å². The molecule has 2 N–H and O–H groups in total. The molecule has 5 nitrogen and oxygen atoms in total. The summed E-state index contributed by atoms with van der Waals surface area (Å²) in [6, 6.07) is 11.3. The lowest BCUT2D eigenvalue weighted by Gasteiger charge is -2.19. The summed E-state index contributed by atoms with van der Waals surface area (Å²) in [5.74, 6) is -1.24. The minimum absolute atomic E-state index is 0.0332. The maximum atomic E-state index is 12.8. The summed E-state index contributed by atoms with van der Waals surface area (Å²) in [4.78, 5) is 23.8. The van der Waals surface area contributed by atoms with Gasteiger partial charge in [0.2, 0.25) is 0 Å². The summed E-state index contributed by atoms with van der Waals surface area (Å²) in [6.07, 6.45) is 0. The first-order valence-corrected chi connectivity index (χ1v) is 9.45. The van der Waals surface area contributed by atoms with E-state index >= 15 is 0 Å². The molecule has 150 valence electrons. The summed E-state index contributed by atoms with van der Waals surface area (Å²) in [5, 5.41) is 12.4. The third kappa shape index (κ3) is 6.36. The number of rotatable bonds is 7. The van der Waals surface area contributed by atoms with Gasteiger partial charge in [-0.15, -0.1) is 0 Å². The summed E-state index contributed by atoms with van der Waals surface area (Å²) >= 11 is 6.09. The van der Waals surface area contributed by atoms with Crippen LogP contribution in [0.1, 0.15) is 65.6 Å². The van der Waals surface area contributed by atoms with Crippen molar-refractivity contribution in [3.05, 3.63) is 69.7 Å². The Morgan fingerprint density at radius 1 is 1.14 bits per heavy atom. The van der Waals surface area contributed by atoms with E-state index in [-0.39, 0.29) is 22.9 Å². The fourth-order valence-corrected chi connectivity index (χ4v) is 2.80. The van der Waals surface area contributed by atoms with Crippen LogP contribution in [0.25, 0.3) is 0 Å². The van der Waals surface area contributed by atoms with Crippen LogP contribution in [0.4, 0.5) is 0 Å². The van der Waals surface area contributed by atoms with Crippen molar-refractivity contribution in [3.8, 4) is 0 Å². The van der Waals surface area contributed by atoms with Crippen LogP contribution in [0.15, 0.2) is 42.5 Å². The lowest BCUT2D eigenvalue weighted by molar-refractivity contribution is 0.0591. The molecule has 0 saturated carbocycles. The van der Waals surface area contributed by atoms with Gasteiger partial charge in [0.1, 0.15) is 0 Å². The minimum Gasteiger partial charge on any atom is -0.478 e. The Bertz CT molecular complexity index is 841. The van der Waals surface area contributed by atoms with Gasteiger partial charge in [0, 0.05) is 10.6 Å². The second-order valence-corrected chi connectivity index (χ2v) is 8.41. The Kier molecular flexibility index (Phi) is 7.22. The summed E-state index contributed by atoms with van der Waals surface area (Å²) in [7, 11) is 0. The smallest absolute Gasteiger partial charge is 0.335 e. The molecule has 0 aliphatic rings. The molecule has 6 heteroatoms. The van der Waals surface area contributed by atoms with E-state index < -0.39 is 5.97 Å². The predicted molar refractivity (Wildman–Crippen MR) is 110 cm³/mol. The predicted octanol–water partition coefficient (Wildman–Crippen LogP) is 5.09. The highest BCUT2D eigenvalue weighted by molar-refractivity contribution is 6.31. The van der Waals surface area contributed by atoms with Gasteiger partial charge in [-0.25, -0.2) is 4.79 Å². The highest BCUT2D eigenvalue weighted by Gasteiger charge is 2.17. The van der Waals surface area contributed by atoms with E-state index in [4.69, 9.17) is 21.4 Å². The number of nitrogens with one attached hydrogen (secondary N) is 1. The van der Waals surface area contributed by atoms with Crippen molar-refractivity contribution in [3.63, 3.8) is 0 Å². The third-order valence-corrected chi connectivity index (χ3v) is 4.35. The van der Waals surface area contributed by atoms with Gasteiger partial charge in [0.15, 0.2) is 0 Å². The van der Waals surface area contributed by atoms with Crippen molar-refractivity contribution >= 4 is 23.5 Å². The van der Waals surface area contributed by atoms with Gasteiger partial charge < -0.3 is 15.2 Å². The standard InChI is InChI=1S/C22H26ClNO4/c1-14(15-5-7-16(8-6-15)21(26)27)24-20(25)19-11-18(23)10-9-17(19)12-28-13-22(2,3)4/h5-11,14H,12-13H2,1-4H3,(H,24,25)(H,26,27). The third-order valence-electron chi connectivity index (χ3n) is 4.11. The Balaban J connectivity index is 2.11. The molecular weight excluding hydrogens is 378 g/mol. The number of hydrogen-bond donors (Lipinski definition) is 2.